The van der Waals surface area contributed by atoms with E-state index in [1.165, 1.54) is 25.1 Å². The molecule has 0 bridgehead atoms. The number of rotatable bonds is 3. The molecule has 14 heavy (non-hydrogen) atoms. The Bertz CT molecular complexity index is 321. The number of nitrogen functional groups attached to an aromatic ring is 1. The molecule has 0 amide bonds. The summed E-state index contributed by atoms with van der Waals surface area (Å²) < 4.78 is 0. The van der Waals surface area contributed by atoms with Gasteiger partial charge < -0.3 is 11.1 Å². The zero-order chi connectivity index (χ0) is 9.97. The van der Waals surface area contributed by atoms with Crippen molar-refractivity contribution in [3.8, 4) is 0 Å². The summed E-state index contributed by atoms with van der Waals surface area (Å²) in [4.78, 5) is 0. The average molecular weight is 211 g/mol. The van der Waals surface area contributed by atoms with Crippen molar-refractivity contribution >= 4 is 17.3 Å². The van der Waals surface area contributed by atoms with Crippen molar-refractivity contribution in [3.05, 3.63) is 28.8 Å². The lowest BCUT2D eigenvalue weighted by atomic mass is 9.95. The van der Waals surface area contributed by atoms with Crippen LogP contribution < -0.4 is 11.1 Å². The number of nitrogens with one attached hydrogen (secondary N) is 1. The Morgan fingerprint density at radius 1 is 1.43 bits per heavy atom. The van der Waals surface area contributed by atoms with Crippen molar-refractivity contribution in [1.82, 2.24) is 5.32 Å². The molecule has 0 spiro atoms. The van der Waals surface area contributed by atoms with Gasteiger partial charge in [0.25, 0.3) is 0 Å². The molecule has 1 aliphatic heterocycles. The van der Waals surface area contributed by atoms with Crippen LogP contribution in [-0.2, 0) is 6.42 Å². The Kier molecular flexibility index (Phi) is 2.94. The Morgan fingerprint density at radius 2 is 2.21 bits per heavy atom. The third-order valence-corrected chi connectivity index (χ3v) is 3.10. The average Bonchev–Trinajstić information content (AvgIpc) is 2.08. The number of hydrogen-bond acceptors (Lipinski definition) is 2. The third kappa shape index (κ3) is 2.20. The normalized spacial score (nSPS) is 16.6. The van der Waals surface area contributed by atoms with Crippen LogP contribution in [0.2, 0.25) is 5.02 Å². The first-order valence-electron chi connectivity index (χ1n) is 5.00. The molecule has 1 fully saturated rings. The van der Waals surface area contributed by atoms with E-state index in [0.717, 1.165) is 12.3 Å². The highest BCUT2D eigenvalue weighted by atomic mass is 35.5. The first-order valence-corrected chi connectivity index (χ1v) is 5.38. The molecule has 2 rings (SSSR count). The van der Waals surface area contributed by atoms with Crippen LogP contribution in [0.5, 0.6) is 0 Å². The predicted molar refractivity (Wildman–Crippen MR) is 60.5 cm³/mol. The Labute approximate surface area is 89.4 Å². The largest absolute Gasteiger partial charge is 0.398 e. The van der Waals surface area contributed by atoms with Crippen LogP contribution in [0.3, 0.4) is 0 Å². The van der Waals surface area contributed by atoms with E-state index < -0.39 is 0 Å². The maximum atomic E-state index is 5.94. The summed E-state index contributed by atoms with van der Waals surface area (Å²) in [7, 11) is 0. The second kappa shape index (κ2) is 4.20. The van der Waals surface area contributed by atoms with Gasteiger partial charge in [0.05, 0.1) is 10.7 Å². The third-order valence-electron chi connectivity index (χ3n) is 2.77. The van der Waals surface area contributed by atoms with E-state index in [1.54, 1.807) is 0 Å². The molecule has 1 saturated heterocycles. The van der Waals surface area contributed by atoms with Gasteiger partial charge in [-0.1, -0.05) is 17.7 Å². The molecule has 3 N–H and O–H groups in total. The number of hydrogen-bond donors (Lipinski definition) is 2. The molecule has 0 atom stereocenters. The van der Waals surface area contributed by atoms with Gasteiger partial charge in [0.2, 0.25) is 0 Å². The summed E-state index contributed by atoms with van der Waals surface area (Å²) in [6, 6.07) is 5.92. The predicted octanol–water partition coefficient (Wildman–Crippen LogP) is 2.07. The summed E-state index contributed by atoms with van der Waals surface area (Å²) in [5.41, 5.74) is 7.60. The standard InChI is InChI=1S/C11H15ClN2/c12-10-5-8(3-4-11(10)13)1-2-9-6-14-7-9/h3-5,9,14H,1-2,6-7,13H2. The molecule has 0 aromatic heterocycles. The molecular formula is C11H15ClN2. The molecule has 2 nitrogen and oxygen atoms in total. The Balaban J connectivity index is 1.91. The van der Waals surface area contributed by atoms with Crippen LogP contribution in [-0.4, -0.2) is 13.1 Å². The molecular weight excluding hydrogens is 196 g/mol. The SMILES string of the molecule is Nc1ccc(CCC2CNC2)cc1Cl. The van der Waals surface area contributed by atoms with Crippen LogP contribution in [0, 0.1) is 5.92 Å². The van der Waals surface area contributed by atoms with E-state index in [-0.39, 0.29) is 0 Å². The van der Waals surface area contributed by atoms with Gasteiger partial charge in [-0.2, -0.15) is 0 Å². The molecule has 0 aliphatic carbocycles. The van der Waals surface area contributed by atoms with Crippen LogP contribution >= 0.6 is 11.6 Å². The maximum absolute atomic E-state index is 5.94. The number of anilines is 1. The van der Waals surface area contributed by atoms with Crippen molar-refractivity contribution in [2.24, 2.45) is 5.92 Å². The second-order valence-corrected chi connectivity index (χ2v) is 4.33. The van der Waals surface area contributed by atoms with E-state index in [1.807, 2.05) is 12.1 Å². The number of nitrogens with two attached hydrogens (primary N) is 1. The Morgan fingerprint density at radius 3 is 2.79 bits per heavy atom. The molecule has 0 radical (unpaired) electrons. The molecule has 1 aromatic rings. The van der Waals surface area contributed by atoms with Crippen molar-refractivity contribution in [3.63, 3.8) is 0 Å². The fourth-order valence-electron chi connectivity index (χ4n) is 1.65. The van der Waals surface area contributed by atoms with Gasteiger partial charge in [-0.25, -0.2) is 0 Å². The van der Waals surface area contributed by atoms with Crippen LogP contribution in [0.4, 0.5) is 5.69 Å². The molecule has 0 unspecified atom stereocenters. The molecule has 1 heterocycles. The van der Waals surface area contributed by atoms with Crippen LogP contribution in [0.1, 0.15) is 12.0 Å². The van der Waals surface area contributed by atoms with Gasteiger partial charge in [-0.05, 0) is 49.5 Å². The van der Waals surface area contributed by atoms with Gasteiger partial charge in [0, 0.05) is 0 Å². The summed E-state index contributed by atoms with van der Waals surface area (Å²) in [6.07, 6.45) is 2.35. The lowest BCUT2D eigenvalue weighted by Gasteiger charge is -2.26. The first kappa shape index (κ1) is 9.81. The molecule has 76 valence electrons. The van der Waals surface area contributed by atoms with E-state index in [2.05, 4.69) is 11.4 Å². The van der Waals surface area contributed by atoms with Crippen molar-refractivity contribution in [2.45, 2.75) is 12.8 Å². The van der Waals surface area contributed by atoms with Crippen LogP contribution in [0.15, 0.2) is 18.2 Å². The van der Waals surface area contributed by atoms with Crippen molar-refractivity contribution < 1.29 is 0 Å². The Hall–Kier alpha value is -0.730. The minimum absolute atomic E-state index is 0.667. The highest BCUT2D eigenvalue weighted by Gasteiger charge is 2.15. The van der Waals surface area contributed by atoms with Crippen molar-refractivity contribution in [2.75, 3.05) is 18.8 Å². The first-order chi connectivity index (χ1) is 6.75. The summed E-state index contributed by atoms with van der Waals surface area (Å²) in [5, 5.41) is 3.95. The number of aryl methyl sites for hydroxylation is 1. The van der Waals surface area contributed by atoms with Gasteiger partial charge in [-0.3, -0.25) is 0 Å². The van der Waals surface area contributed by atoms with E-state index in [0.29, 0.717) is 10.7 Å². The maximum Gasteiger partial charge on any atom is 0.0638 e. The quantitative estimate of drug-likeness (QED) is 0.750. The zero-order valence-electron chi connectivity index (χ0n) is 8.09. The lowest BCUT2D eigenvalue weighted by molar-refractivity contribution is 0.328. The van der Waals surface area contributed by atoms with E-state index in [9.17, 15) is 0 Å². The van der Waals surface area contributed by atoms with Gasteiger partial charge in [0.1, 0.15) is 0 Å². The summed E-state index contributed by atoms with van der Waals surface area (Å²) in [5.74, 6) is 0.853. The molecule has 0 saturated carbocycles. The smallest absolute Gasteiger partial charge is 0.0638 e. The summed E-state index contributed by atoms with van der Waals surface area (Å²) in [6.45, 7) is 2.34. The fraction of sp³-hybridized carbons (Fsp3) is 0.455. The molecule has 1 aliphatic rings. The minimum Gasteiger partial charge on any atom is -0.398 e. The van der Waals surface area contributed by atoms with E-state index in [4.69, 9.17) is 17.3 Å². The van der Waals surface area contributed by atoms with Gasteiger partial charge >= 0.3 is 0 Å². The summed E-state index contributed by atoms with van der Waals surface area (Å²) >= 11 is 5.94. The number of benzene rings is 1. The number of halogens is 1. The van der Waals surface area contributed by atoms with Gasteiger partial charge in [0.15, 0.2) is 0 Å². The highest BCUT2D eigenvalue weighted by molar-refractivity contribution is 6.33. The van der Waals surface area contributed by atoms with E-state index >= 15 is 0 Å². The van der Waals surface area contributed by atoms with Crippen LogP contribution in [0.25, 0.3) is 0 Å². The zero-order valence-corrected chi connectivity index (χ0v) is 8.85. The minimum atomic E-state index is 0.667. The molecule has 1 aromatic carbocycles. The second-order valence-electron chi connectivity index (χ2n) is 3.92. The highest BCUT2D eigenvalue weighted by Crippen LogP contribution is 2.21. The monoisotopic (exact) mass is 210 g/mol. The van der Waals surface area contributed by atoms with Crippen molar-refractivity contribution in [1.29, 1.82) is 0 Å². The fourth-order valence-corrected chi connectivity index (χ4v) is 1.85. The molecule has 3 heteroatoms. The topological polar surface area (TPSA) is 38.0 Å². The lowest BCUT2D eigenvalue weighted by Crippen LogP contribution is -2.42. The van der Waals surface area contributed by atoms with Gasteiger partial charge in [-0.15, -0.1) is 0 Å².